The summed E-state index contributed by atoms with van der Waals surface area (Å²) in [5, 5.41) is 4.18. The Labute approximate surface area is 153 Å². The van der Waals surface area contributed by atoms with E-state index in [1.807, 2.05) is 41.2 Å². The van der Waals surface area contributed by atoms with Crippen LogP contribution in [0.3, 0.4) is 0 Å². The molecule has 3 atom stereocenters. The monoisotopic (exact) mass is 355 g/mol. The fourth-order valence-corrected chi connectivity index (χ4v) is 4.34. The van der Waals surface area contributed by atoms with Gasteiger partial charge in [-0.1, -0.05) is 6.07 Å². The lowest BCUT2D eigenvalue weighted by Gasteiger charge is -2.35. The molecule has 0 spiro atoms. The number of ether oxygens (including phenoxy) is 2. The number of likely N-dealkylation sites (tertiary alicyclic amines) is 1. The Balaban J connectivity index is 1.39. The van der Waals surface area contributed by atoms with Crippen LogP contribution in [0.15, 0.2) is 42.7 Å². The highest BCUT2D eigenvalue weighted by molar-refractivity contribution is 5.77. The zero-order valence-corrected chi connectivity index (χ0v) is 15.1. The van der Waals surface area contributed by atoms with Gasteiger partial charge < -0.3 is 14.4 Å². The van der Waals surface area contributed by atoms with Crippen molar-refractivity contribution in [2.75, 3.05) is 13.7 Å². The first-order valence-electron chi connectivity index (χ1n) is 9.30. The van der Waals surface area contributed by atoms with E-state index in [-0.39, 0.29) is 11.9 Å². The highest BCUT2D eigenvalue weighted by atomic mass is 16.5. The largest absolute Gasteiger partial charge is 0.497 e. The van der Waals surface area contributed by atoms with E-state index in [0.29, 0.717) is 31.5 Å². The van der Waals surface area contributed by atoms with Gasteiger partial charge in [0.1, 0.15) is 18.1 Å². The Morgan fingerprint density at radius 2 is 2.15 bits per heavy atom. The second kappa shape index (κ2) is 7.40. The van der Waals surface area contributed by atoms with Crippen LogP contribution in [0.25, 0.3) is 0 Å². The topological polar surface area (TPSA) is 56.6 Å². The summed E-state index contributed by atoms with van der Waals surface area (Å²) >= 11 is 0. The predicted octanol–water partition coefficient (Wildman–Crippen LogP) is 2.74. The van der Waals surface area contributed by atoms with Gasteiger partial charge in [0.15, 0.2) is 0 Å². The first-order chi connectivity index (χ1) is 12.7. The molecule has 2 bridgehead atoms. The highest BCUT2D eigenvalue weighted by Crippen LogP contribution is 2.43. The third-order valence-electron chi connectivity index (χ3n) is 5.60. The van der Waals surface area contributed by atoms with Crippen molar-refractivity contribution in [3.8, 4) is 11.5 Å². The maximum Gasteiger partial charge on any atom is 0.225 e. The van der Waals surface area contributed by atoms with Crippen LogP contribution in [-0.2, 0) is 11.3 Å². The number of carbonyl (C=O) groups excluding carboxylic acids is 1. The van der Waals surface area contributed by atoms with Crippen molar-refractivity contribution in [3.63, 3.8) is 0 Å². The lowest BCUT2D eigenvalue weighted by Crippen LogP contribution is -2.48. The average Bonchev–Trinajstić information content (AvgIpc) is 3.41. The predicted molar refractivity (Wildman–Crippen MR) is 97.1 cm³/mol. The first kappa shape index (κ1) is 16.9. The Morgan fingerprint density at radius 3 is 2.96 bits per heavy atom. The van der Waals surface area contributed by atoms with E-state index >= 15 is 0 Å². The number of carbonyl (C=O) groups is 1. The molecule has 1 saturated carbocycles. The molecule has 2 aliphatic rings. The zero-order chi connectivity index (χ0) is 17.9. The van der Waals surface area contributed by atoms with E-state index in [0.717, 1.165) is 24.3 Å². The number of aryl methyl sites for hydroxylation is 1. The zero-order valence-electron chi connectivity index (χ0n) is 15.1. The Hall–Kier alpha value is -2.50. The van der Waals surface area contributed by atoms with E-state index in [1.54, 1.807) is 13.3 Å². The minimum Gasteiger partial charge on any atom is -0.497 e. The van der Waals surface area contributed by atoms with Crippen LogP contribution in [0, 0.1) is 5.92 Å². The molecule has 1 aromatic heterocycles. The number of piperidine rings is 1. The standard InChI is InChI=1S/C20H25N3O3/c1-25-17-4-2-5-18(13-17)26-14-19-15-6-7-16(12-15)23(19)20(24)8-11-22-10-3-9-21-22/h2-5,9-10,13,15-16,19H,6-8,11-12,14H2,1H3/t15-,16+,19+/m1/s1. The molecule has 2 heterocycles. The minimum absolute atomic E-state index is 0.171. The molecule has 138 valence electrons. The van der Waals surface area contributed by atoms with Gasteiger partial charge in [-0.25, -0.2) is 0 Å². The summed E-state index contributed by atoms with van der Waals surface area (Å²) in [7, 11) is 1.65. The van der Waals surface area contributed by atoms with Gasteiger partial charge in [-0.05, 0) is 43.4 Å². The lowest BCUT2D eigenvalue weighted by molar-refractivity contribution is -0.136. The van der Waals surface area contributed by atoms with Gasteiger partial charge in [-0.3, -0.25) is 9.48 Å². The number of hydrogen-bond acceptors (Lipinski definition) is 4. The van der Waals surface area contributed by atoms with Gasteiger partial charge in [0.05, 0.1) is 13.2 Å². The number of nitrogens with zero attached hydrogens (tertiary/aromatic N) is 3. The van der Waals surface area contributed by atoms with Crippen molar-refractivity contribution in [3.05, 3.63) is 42.7 Å². The number of aromatic nitrogens is 2. The van der Waals surface area contributed by atoms with Gasteiger partial charge >= 0.3 is 0 Å². The molecule has 0 radical (unpaired) electrons. The van der Waals surface area contributed by atoms with Crippen LogP contribution in [0.5, 0.6) is 11.5 Å². The van der Waals surface area contributed by atoms with E-state index in [2.05, 4.69) is 10.00 Å². The van der Waals surface area contributed by atoms with Crippen LogP contribution in [0.1, 0.15) is 25.7 Å². The fourth-order valence-electron chi connectivity index (χ4n) is 4.34. The van der Waals surface area contributed by atoms with Crippen LogP contribution in [0.2, 0.25) is 0 Å². The second-order valence-corrected chi connectivity index (χ2v) is 7.10. The van der Waals surface area contributed by atoms with Crippen molar-refractivity contribution in [2.45, 2.75) is 44.3 Å². The molecule has 2 fully saturated rings. The highest BCUT2D eigenvalue weighted by Gasteiger charge is 2.47. The number of fused-ring (bicyclic) bond motifs is 2. The molecule has 1 aromatic carbocycles. The molecule has 2 aromatic rings. The van der Waals surface area contributed by atoms with E-state index in [4.69, 9.17) is 9.47 Å². The molecule has 1 saturated heterocycles. The molecule has 1 aliphatic heterocycles. The van der Waals surface area contributed by atoms with E-state index in [1.165, 1.54) is 6.42 Å². The smallest absolute Gasteiger partial charge is 0.225 e. The molecule has 0 unspecified atom stereocenters. The molecule has 1 amide bonds. The Morgan fingerprint density at radius 1 is 1.27 bits per heavy atom. The normalized spacial score (nSPS) is 24.0. The molecule has 6 nitrogen and oxygen atoms in total. The summed E-state index contributed by atoms with van der Waals surface area (Å²) < 4.78 is 13.1. The number of benzene rings is 1. The Bertz CT molecular complexity index is 747. The van der Waals surface area contributed by atoms with Crippen LogP contribution < -0.4 is 9.47 Å². The average molecular weight is 355 g/mol. The lowest BCUT2D eigenvalue weighted by atomic mass is 9.99. The molecule has 6 heteroatoms. The van der Waals surface area contributed by atoms with Crippen LogP contribution >= 0.6 is 0 Å². The number of amides is 1. The molecule has 0 N–H and O–H groups in total. The van der Waals surface area contributed by atoms with E-state index in [9.17, 15) is 4.79 Å². The number of methoxy groups -OCH3 is 1. The molecular formula is C20H25N3O3. The summed E-state index contributed by atoms with van der Waals surface area (Å²) in [5.74, 6) is 2.34. The number of hydrogen-bond donors (Lipinski definition) is 0. The summed E-state index contributed by atoms with van der Waals surface area (Å²) in [6.07, 6.45) is 7.55. The van der Waals surface area contributed by atoms with Crippen LogP contribution in [-0.4, -0.2) is 46.4 Å². The third kappa shape index (κ3) is 3.41. The van der Waals surface area contributed by atoms with E-state index < -0.39 is 0 Å². The quantitative estimate of drug-likeness (QED) is 0.766. The minimum atomic E-state index is 0.171. The molecule has 4 rings (SSSR count). The van der Waals surface area contributed by atoms with Gasteiger partial charge in [0.2, 0.25) is 5.91 Å². The summed E-state index contributed by atoms with van der Waals surface area (Å²) in [5.41, 5.74) is 0. The molecule has 1 aliphatic carbocycles. The maximum absolute atomic E-state index is 12.9. The number of rotatable bonds is 7. The van der Waals surface area contributed by atoms with Gasteiger partial charge in [-0.2, -0.15) is 5.10 Å². The molecule has 26 heavy (non-hydrogen) atoms. The van der Waals surface area contributed by atoms with Crippen LogP contribution in [0.4, 0.5) is 0 Å². The van der Waals surface area contributed by atoms with Crippen molar-refractivity contribution < 1.29 is 14.3 Å². The third-order valence-corrected chi connectivity index (χ3v) is 5.60. The van der Waals surface area contributed by atoms with Crippen molar-refractivity contribution in [2.24, 2.45) is 5.92 Å². The van der Waals surface area contributed by atoms with Crippen molar-refractivity contribution in [1.29, 1.82) is 0 Å². The van der Waals surface area contributed by atoms with Gasteiger partial charge in [-0.15, -0.1) is 0 Å². The van der Waals surface area contributed by atoms with Gasteiger partial charge in [0, 0.05) is 37.5 Å². The Kier molecular flexibility index (Phi) is 4.82. The van der Waals surface area contributed by atoms with Gasteiger partial charge in [0.25, 0.3) is 0 Å². The maximum atomic E-state index is 12.9. The second-order valence-electron chi connectivity index (χ2n) is 7.10. The van der Waals surface area contributed by atoms with Crippen molar-refractivity contribution in [1.82, 2.24) is 14.7 Å². The van der Waals surface area contributed by atoms with Crippen molar-refractivity contribution >= 4 is 5.91 Å². The molecular weight excluding hydrogens is 330 g/mol. The first-order valence-corrected chi connectivity index (χ1v) is 9.30. The fraction of sp³-hybridized carbons (Fsp3) is 0.500. The summed E-state index contributed by atoms with van der Waals surface area (Å²) in [4.78, 5) is 15.0. The summed E-state index contributed by atoms with van der Waals surface area (Å²) in [6, 6.07) is 10.1. The SMILES string of the molecule is COc1cccc(OC[C@H]2[C@@H]3CC[C@@H](C3)N2C(=O)CCn2cccn2)c1. The summed E-state index contributed by atoms with van der Waals surface area (Å²) in [6.45, 7) is 1.17.